The van der Waals surface area contributed by atoms with Gasteiger partial charge >= 0.3 is 0 Å². The van der Waals surface area contributed by atoms with E-state index in [1.54, 1.807) is 31.4 Å². The number of carbonyl (C=O) groups is 1. The Hall–Kier alpha value is -4.12. The summed E-state index contributed by atoms with van der Waals surface area (Å²) < 4.78 is 37.9. The fraction of sp³-hybridized carbons (Fsp3) is 0.136. The van der Waals surface area contributed by atoms with Crippen LogP contribution >= 0.6 is 0 Å². The number of amides is 1. The highest BCUT2D eigenvalue weighted by atomic mass is 32.2. The van der Waals surface area contributed by atoms with Gasteiger partial charge in [0.2, 0.25) is 0 Å². The zero-order chi connectivity index (χ0) is 23.8. The number of hydrogen-bond donors (Lipinski definition) is 2. The van der Waals surface area contributed by atoms with Crippen LogP contribution in [0.3, 0.4) is 0 Å². The van der Waals surface area contributed by atoms with Gasteiger partial charge in [-0.25, -0.2) is 8.42 Å². The summed E-state index contributed by atoms with van der Waals surface area (Å²) in [7, 11) is -2.46. The fourth-order valence-electron chi connectivity index (χ4n) is 2.78. The van der Waals surface area contributed by atoms with Gasteiger partial charge in [-0.05, 0) is 54.6 Å². The molecule has 2 N–H and O–H groups in total. The molecule has 3 aromatic rings. The molecule has 0 saturated heterocycles. The highest BCUT2D eigenvalue weighted by Gasteiger charge is 2.18. The SMILES string of the molecule is COc1ccc(OCCNC(=O)c2ccc(NS(=O)(=O)c3cccc([N+](=O)[O-])c3)cc2)cc1. The number of non-ortho nitro benzene ring substituents is 1. The van der Waals surface area contributed by atoms with Crippen molar-refractivity contribution in [3.8, 4) is 11.5 Å². The molecule has 3 rings (SSSR count). The molecule has 0 aliphatic carbocycles. The second kappa shape index (κ2) is 10.5. The maximum atomic E-state index is 12.5. The Kier molecular flexibility index (Phi) is 7.46. The van der Waals surface area contributed by atoms with E-state index in [1.165, 1.54) is 42.5 Å². The molecule has 0 atom stereocenters. The second-order valence-corrected chi connectivity index (χ2v) is 8.40. The molecule has 1 amide bonds. The van der Waals surface area contributed by atoms with Crippen molar-refractivity contribution in [3.05, 3.63) is 88.5 Å². The van der Waals surface area contributed by atoms with Gasteiger partial charge in [-0.2, -0.15) is 0 Å². The molecule has 0 aliphatic heterocycles. The lowest BCUT2D eigenvalue weighted by molar-refractivity contribution is -0.385. The maximum absolute atomic E-state index is 12.5. The zero-order valence-electron chi connectivity index (χ0n) is 17.6. The van der Waals surface area contributed by atoms with Crippen LogP contribution in [0.5, 0.6) is 11.5 Å². The number of carbonyl (C=O) groups excluding carboxylic acids is 1. The molecule has 0 unspecified atom stereocenters. The molecule has 0 radical (unpaired) electrons. The number of anilines is 1. The molecule has 33 heavy (non-hydrogen) atoms. The van der Waals surface area contributed by atoms with E-state index in [9.17, 15) is 23.3 Å². The van der Waals surface area contributed by atoms with Crippen molar-refractivity contribution in [2.75, 3.05) is 25.0 Å². The first-order chi connectivity index (χ1) is 15.8. The molecule has 10 nitrogen and oxygen atoms in total. The monoisotopic (exact) mass is 471 g/mol. The largest absolute Gasteiger partial charge is 0.497 e. The second-order valence-electron chi connectivity index (χ2n) is 6.72. The summed E-state index contributed by atoms with van der Waals surface area (Å²) in [5, 5.41) is 13.6. The van der Waals surface area contributed by atoms with E-state index in [-0.39, 0.29) is 35.3 Å². The Morgan fingerprint density at radius 1 is 1.00 bits per heavy atom. The number of nitrogens with one attached hydrogen (secondary N) is 2. The first-order valence-corrected chi connectivity index (χ1v) is 11.2. The molecule has 0 aromatic heterocycles. The van der Waals surface area contributed by atoms with Crippen molar-refractivity contribution in [3.63, 3.8) is 0 Å². The number of hydrogen-bond acceptors (Lipinski definition) is 7. The Bertz CT molecular complexity index is 1230. The minimum Gasteiger partial charge on any atom is -0.497 e. The zero-order valence-corrected chi connectivity index (χ0v) is 18.4. The van der Waals surface area contributed by atoms with Crippen LogP contribution in [0, 0.1) is 10.1 Å². The summed E-state index contributed by atoms with van der Waals surface area (Å²) in [6.07, 6.45) is 0. The number of sulfonamides is 1. The molecule has 0 bridgehead atoms. The summed E-state index contributed by atoms with van der Waals surface area (Å²) in [4.78, 5) is 22.2. The standard InChI is InChI=1S/C22H21N3O7S/c1-31-19-9-11-20(12-10-19)32-14-13-23-22(26)16-5-7-17(8-6-16)24-33(29,30)21-4-2-3-18(15-21)25(27)28/h2-12,15,24H,13-14H2,1H3,(H,23,26). The molecule has 0 fully saturated rings. The van der Waals surface area contributed by atoms with Gasteiger partial charge in [0.05, 0.1) is 23.5 Å². The molecule has 3 aromatic carbocycles. The molecular formula is C22H21N3O7S. The van der Waals surface area contributed by atoms with Crippen molar-refractivity contribution in [1.82, 2.24) is 5.32 Å². The van der Waals surface area contributed by atoms with Crippen molar-refractivity contribution >= 4 is 27.3 Å². The van der Waals surface area contributed by atoms with Crippen molar-refractivity contribution < 1.29 is 27.6 Å². The third-order valence-corrected chi connectivity index (χ3v) is 5.83. The molecule has 0 spiro atoms. The van der Waals surface area contributed by atoms with E-state index in [0.717, 1.165) is 6.07 Å². The van der Waals surface area contributed by atoms with Gasteiger partial charge in [0, 0.05) is 23.4 Å². The Morgan fingerprint density at radius 2 is 1.67 bits per heavy atom. The highest BCUT2D eigenvalue weighted by molar-refractivity contribution is 7.92. The molecule has 0 saturated carbocycles. The van der Waals surface area contributed by atoms with Crippen LogP contribution in [0.2, 0.25) is 0 Å². The van der Waals surface area contributed by atoms with Gasteiger partial charge in [-0.1, -0.05) is 6.07 Å². The normalized spacial score (nSPS) is 10.8. The predicted molar refractivity (Wildman–Crippen MR) is 121 cm³/mol. The van der Waals surface area contributed by atoms with Crippen LogP contribution in [0.25, 0.3) is 0 Å². The number of nitrogens with zero attached hydrogens (tertiary/aromatic N) is 1. The van der Waals surface area contributed by atoms with Crippen LogP contribution in [0.1, 0.15) is 10.4 Å². The van der Waals surface area contributed by atoms with Gasteiger partial charge in [0.25, 0.3) is 21.6 Å². The third kappa shape index (κ3) is 6.43. The van der Waals surface area contributed by atoms with Crippen LogP contribution in [0.4, 0.5) is 11.4 Å². The summed E-state index contributed by atoms with van der Waals surface area (Å²) in [6.45, 7) is 0.533. The molecule has 172 valence electrons. The van der Waals surface area contributed by atoms with Crippen molar-refractivity contribution in [1.29, 1.82) is 0 Å². The quantitative estimate of drug-likeness (QED) is 0.263. The maximum Gasteiger partial charge on any atom is 0.270 e. The van der Waals surface area contributed by atoms with Crippen LogP contribution in [-0.2, 0) is 10.0 Å². The average Bonchev–Trinajstić information content (AvgIpc) is 2.82. The smallest absolute Gasteiger partial charge is 0.270 e. The van der Waals surface area contributed by atoms with E-state index in [2.05, 4.69) is 10.0 Å². The van der Waals surface area contributed by atoms with E-state index < -0.39 is 14.9 Å². The van der Waals surface area contributed by atoms with Crippen LogP contribution in [0.15, 0.2) is 77.7 Å². The van der Waals surface area contributed by atoms with Gasteiger partial charge in [0.1, 0.15) is 18.1 Å². The van der Waals surface area contributed by atoms with Gasteiger partial charge in [0.15, 0.2) is 0 Å². The van der Waals surface area contributed by atoms with Gasteiger partial charge in [-0.3, -0.25) is 19.6 Å². The first kappa shape index (κ1) is 23.5. The summed E-state index contributed by atoms with van der Waals surface area (Å²) in [5.41, 5.74) is 0.208. The van der Waals surface area contributed by atoms with Crippen LogP contribution in [-0.4, -0.2) is 39.5 Å². The number of nitro benzene ring substituents is 1. The number of nitro groups is 1. The van der Waals surface area contributed by atoms with E-state index in [1.807, 2.05) is 0 Å². The van der Waals surface area contributed by atoms with Crippen LogP contribution < -0.4 is 19.5 Å². The summed E-state index contributed by atoms with van der Waals surface area (Å²) in [5.74, 6) is 1.01. The summed E-state index contributed by atoms with van der Waals surface area (Å²) in [6, 6.07) is 17.6. The van der Waals surface area contributed by atoms with E-state index >= 15 is 0 Å². The fourth-order valence-corrected chi connectivity index (χ4v) is 3.87. The number of benzene rings is 3. The Morgan fingerprint density at radius 3 is 2.30 bits per heavy atom. The first-order valence-electron chi connectivity index (χ1n) is 9.71. The summed E-state index contributed by atoms with van der Waals surface area (Å²) >= 11 is 0. The number of ether oxygens (including phenoxy) is 2. The van der Waals surface area contributed by atoms with E-state index in [0.29, 0.717) is 17.1 Å². The Labute approximate surface area is 190 Å². The highest BCUT2D eigenvalue weighted by Crippen LogP contribution is 2.21. The van der Waals surface area contributed by atoms with Crippen molar-refractivity contribution in [2.45, 2.75) is 4.90 Å². The molecular weight excluding hydrogens is 450 g/mol. The molecule has 0 aliphatic rings. The number of rotatable bonds is 10. The minimum atomic E-state index is -4.03. The average molecular weight is 471 g/mol. The minimum absolute atomic E-state index is 0.209. The Balaban J connectivity index is 1.53. The topological polar surface area (TPSA) is 137 Å². The molecule has 11 heteroatoms. The van der Waals surface area contributed by atoms with Gasteiger partial charge < -0.3 is 14.8 Å². The van der Waals surface area contributed by atoms with Crippen molar-refractivity contribution in [2.24, 2.45) is 0 Å². The third-order valence-electron chi connectivity index (χ3n) is 4.45. The lowest BCUT2D eigenvalue weighted by Gasteiger charge is -2.10. The van der Waals surface area contributed by atoms with E-state index in [4.69, 9.17) is 9.47 Å². The van der Waals surface area contributed by atoms with Gasteiger partial charge in [-0.15, -0.1) is 0 Å². The lowest BCUT2D eigenvalue weighted by Crippen LogP contribution is -2.28. The number of methoxy groups -OCH3 is 1. The predicted octanol–water partition coefficient (Wildman–Crippen LogP) is 3.21. The lowest BCUT2D eigenvalue weighted by atomic mass is 10.2. The molecule has 0 heterocycles.